The van der Waals surface area contributed by atoms with Gasteiger partial charge in [0.15, 0.2) is 0 Å². The first-order chi connectivity index (χ1) is 9.06. The maximum absolute atomic E-state index is 11.3. The summed E-state index contributed by atoms with van der Waals surface area (Å²) in [6.07, 6.45) is 0.896. The van der Waals surface area contributed by atoms with E-state index in [1.165, 1.54) is 7.11 Å². The van der Waals surface area contributed by atoms with Crippen molar-refractivity contribution < 1.29 is 19.4 Å². The minimum Gasteiger partial charge on any atom is -0.480 e. The summed E-state index contributed by atoms with van der Waals surface area (Å²) in [4.78, 5) is 23.9. The van der Waals surface area contributed by atoms with Crippen molar-refractivity contribution in [3.05, 3.63) is 35.4 Å². The second-order valence-corrected chi connectivity index (χ2v) is 4.29. The van der Waals surface area contributed by atoms with Crippen molar-refractivity contribution in [1.82, 2.24) is 4.90 Å². The molecular formula is C14H19NO4. The number of hydrogen-bond donors (Lipinski definition) is 1. The Balaban J connectivity index is 2.68. The van der Waals surface area contributed by atoms with Crippen molar-refractivity contribution in [1.29, 1.82) is 0 Å². The lowest BCUT2D eigenvalue weighted by Crippen LogP contribution is -2.30. The van der Waals surface area contributed by atoms with Crippen LogP contribution in [0.15, 0.2) is 24.3 Å². The molecule has 0 fully saturated rings. The molecule has 0 saturated heterocycles. The first-order valence-electron chi connectivity index (χ1n) is 6.18. The van der Waals surface area contributed by atoms with Crippen molar-refractivity contribution in [2.24, 2.45) is 0 Å². The highest BCUT2D eigenvalue weighted by molar-refractivity contribution is 5.89. The SMILES string of the molecule is CCCN(CC(=O)O)Cc1ccc(C(=O)OC)cc1. The van der Waals surface area contributed by atoms with Crippen LogP contribution in [-0.2, 0) is 16.1 Å². The first-order valence-corrected chi connectivity index (χ1v) is 6.18. The van der Waals surface area contributed by atoms with Crippen LogP contribution in [0.5, 0.6) is 0 Å². The summed E-state index contributed by atoms with van der Waals surface area (Å²) in [5, 5.41) is 8.83. The number of esters is 1. The van der Waals surface area contributed by atoms with Crippen LogP contribution in [0.2, 0.25) is 0 Å². The summed E-state index contributed by atoms with van der Waals surface area (Å²) in [7, 11) is 1.34. The Labute approximate surface area is 112 Å². The Morgan fingerprint density at radius 1 is 1.26 bits per heavy atom. The lowest BCUT2D eigenvalue weighted by molar-refractivity contribution is -0.138. The van der Waals surface area contributed by atoms with Crippen molar-refractivity contribution >= 4 is 11.9 Å². The van der Waals surface area contributed by atoms with E-state index < -0.39 is 5.97 Å². The Morgan fingerprint density at radius 2 is 1.89 bits per heavy atom. The van der Waals surface area contributed by atoms with Crippen LogP contribution in [0.4, 0.5) is 0 Å². The zero-order valence-corrected chi connectivity index (χ0v) is 11.3. The van der Waals surface area contributed by atoms with Gasteiger partial charge in [-0.3, -0.25) is 9.69 Å². The number of carboxylic acid groups (broad SMARTS) is 1. The Bertz CT molecular complexity index is 428. The van der Waals surface area contributed by atoms with E-state index in [1.807, 2.05) is 24.0 Å². The Kier molecular flexibility index (Phi) is 6.02. The summed E-state index contributed by atoms with van der Waals surface area (Å²) in [5.74, 6) is -1.21. The number of hydrogen-bond acceptors (Lipinski definition) is 4. The topological polar surface area (TPSA) is 66.8 Å². The van der Waals surface area contributed by atoms with Crippen molar-refractivity contribution in [2.75, 3.05) is 20.2 Å². The molecule has 0 aliphatic heterocycles. The van der Waals surface area contributed by atoms with Crippen LogP contribution in [-0.4, -0.2) is 42.1 Å². The third-order valence-corrected chi connectivity index (χ3v) is 2.68. The Hall–Kier alpha value is -1.88. The number of ether oxygens (including phenoxy) is 1. The highest BCUT2D eigenvalue weighted by atomic mass is 16.5. The van der Waals surface area contributed by atoms with E-state index in [0.29, 0.717) is 12.1 Å². The molecule has 0 saturated carbocycles. The van der Waals surface area contributed by atoms with Crippen molar-refractivity contribution in [2.45, 2.75) is 19.9 Å². The van der Waals surface area contributed by atoms with E-state index in [0.717, 1.165) is 18.5 Å². The third kappa shape index (κ3) is 5.09. The molecule has 1 N–H and O–H groups in total. The highest BCUT2D eigenvalue weighted by Gasteiger charge is 2.10. The predicted octanol–water partition coefficient (Wildman–Crippen LogP) is 1.77. The summed E-state index contributed by atoms with van der Waals surface area (Å²) >= 11 is 0. The van der Waals surface area contributed by atoms with E-state index in [1.54, 1.807) is 12.1 Å². The fourth-order valence-electron chi connectivity index (χ4n) is 1.84. The lowest BCUT2D eigenvalue weighted by Gasteiger charge is -2.19. The maximum atomic E-state index is 11.3. The number of benzene rings is 1. The third-order valence-electron chi connectivity index (χ3n) is 2.68. The molecule has 0 spiro atoms. The summed E-state index contributed by atoms with van der Waals surface area (Å²) in [5.41, 5.74) is 1.47. The average Bonchev–Trinajstić information content (AvgIpc) is 2.38. The van der Waals surface area contributed by atoms with Gasteiger partial charge in [0.1, 0.15) is 0 Å². The predicted molar refractivity (Wildman–Crippen MR) is 71.0 cm³/mol. The maximum Gasteiger partial charge on any atom is 0.337 e. The smallest absolute Gasteiger partial charge is 0.337 e. The Morgan fingerprint density at radius 3 is 2.37 bits per heavy atom. The van der Waals surface area contributed by atoms with Gasteiger partial charge in [0.25, 0.3) is 0 Å². The highest BCUT2D eigenvalue weighted by Crippen LogP contribution is 2.09. The van der Waals surface area contributed by atoms with Crippen molar-refractivity contribution in [3.63, 3.8) is 0 Å². The van der Waals surface area contributed by atoms with Gasteiger partial charge >= 0.3 is 11.9 Å². The van der Waals surface area contributed by atoms with Crippen LogP contribution < -0.4 is 0 Å². The van der Waals surface area contributed by atoms with E-state index in [4.69, 9.17) is 5.11 Å². The molecule has 1 rings (SSSR count). The second-order valence-electron chi connectivity index (χ2n) is 4.29. The minimum atomic E-state index is -0.834. The second kappa shape index (κ2) is 7.53. The average molecular weight is 265 g/mol. The molecule has 1 aromatic carbocycles. The fourth-order valence-corrected chi connectivity index (χ4v) is 1.84. The number of carbonyl (C=O) groups excluding carboxylic acids is 1. The molecule has 1 aromatic rings. The number of carbonyl (C=O) groups is 2. The van der Waals surface area contributed by atoms with Gasteiger partial charge in [0.05, 0.1) is 19.2 Å². The van der Waals surface area contributed by atoms with Gasteiger partial charge in [-0.2, -0.15) is 0 Å². The molecule has 104 valence electrons. The molecule has 0 unspecified atom stereocenters. The van der Waals surface area contributed by atoms with Crippen LogP contribution in [0.1, 0.15) is 29.3 Å². The molecule has 0 amide bonds. The van der Waals surface area contributed by atoms with E-state index in [-0.39, 0.29) is 12.5 Å². The van der Waals surface area contributed by atoms with Gasteiger partial charge in [-0.1, -0.05) is 19.1 Å². The van der Waals surface area contributed by atoms with Crippen LogP contribution in [0, 0.1) is 0 Å². The van der Waals surface area contributed by atoms with Crippen LogP contribution in [0.3, 0.4) is 0 Å². The van der Waals surface area contributed by atoms with Gasteiger partial charge in [0.2, 0.25) is 0 Å². The van der Waals surface area contributed by atoms with Gasteiger partial charge < -0.3 is 9.84 Å². The van der Waals surface area contributed by atoms with Crippen LogP contribution in [0.25, 0.3) is 0 Å². The molecule has 0 radical (unpaired) electrons. The molecule has 0 aliphatic rings. The van der Waals surface area contributed by atoms with Gasteiger partial charge in [-0.25, -0.2) is 4.79 Å². The zero-order chi connectivity index (χ0) is 14.3. The molecule has 0 aliphatic carbocycles. The molecule has 5 nitrogen and oxygen atoms in total. The zero-order valence-electron chi connectivity index (χ0n) is 11.3. The molecular weight excluding hydrogens is 246 g/mol. The molecule has 0 aromatic heterocycles. The number of nitrogens with zero attached hydrogens (tertiary/aromatic N) is 1. The number of rotatable bonds is 7. The normalized spacial score (nSPS) is 10.5. The molecule has 0 atom stereocenters. The summed E-state index contributed by atoms with van der Waals surface area (Å²) in [6.45, 7) is 3.31. The standard InChI is InChI=1S/C14H19NO4/c1-3-8-15(10-13(16)17)9-11-4-6-12(7-5-11)14(18)19-2/h4-7H,3,8-10H2,1-2H3,(H,16,17). The summed E-state index contributed by atoms with van der Waals surface area (Å²) in [6, 6.07) is 7.01. The van der Waals surface area contributed by atoms with E-state index >= 15 is 0 Å². The fraction of sp³-hybridized carbons (Fsp3) is 0.429. The first kappa shape index (κ1) is 15.2. The monoisotopic (exact) mass is 265 g/mol. The molecule has 0 heterocycles. The quantitative estimate of drug-likeness (QED) is 0.761. The lowest BCUT2D eigenvalue weighted by atomic mass is 10.1. The van der Waals surface area contributed by atoms with E-state index in [2.05, 4.69) is 4.74 Å². The molecule has 5 heteroatoms. The molecule has 19 heavy (non-hydrogen) atoms. The van der Waals surface area contributed by atoms with Crippen LogP contribution >= 0.6 is 0 Å². The number of aliphatic carboxylic acids is 1. The largest absolute Gasteiger partial charge is 0.480 e. The summed E-state index contributed by atoms with van der Waals surface area (Å²) < 4.78 is 4.62. The minimum absolute atomic E-state index is 0.0204. The van der Waals surface area contributed by atoms with Crippen molar-refractivity contribution in [3.8, 4) is 0 Å². The molecule has 0 bridgehead atoms. The van der Waals surface area contributed by atoms with Gasteiger partial charge in [-0.15, -0.1) is 0 Å². The van der Waals surface area contributed by atoms with Gasteiger partial charge in [0, 0.05) is 6.54 Å². The number of methoxy groups -OCH3 is 1. The van der Waals surface area contributed by atoms with Gasteiger partial charge in [-0.05, 0) is 30.7 Å². The van der Waals surface area contributed by atoms with E-state index in [9.17, 15) is 9.59 Å². The number of carboxylic acids is 1.